The van der Waals surface area contributed by atoms with Gasteiger partial charge in [-0.15, -0.1) is 22.7 Å². The van der Waals surface area contributed by atoms with Crippen molar-refractivity contribution >= 4 is 70.9 Å². The summed E-state index contributed by atoms with van der Waals surface area (Å²) in [6.07, 6.45) is 0.531. The summed E-state index contributed by atoms with van der Waals surface area (Å²) in [5.74, 6) is -1.04. The molecule has 8 nitrogen and oxygen atoms in total. The summed E-state index contributed by atoms with van der Waals surface area (Å²) < 4.78 is 24.9. The molecular weight excluding hydrogens is 529 g/mol. The quantitative estimate of drug-likeness (QED) is 0.356. The number of aromatic nitrogens is 1. The first-order valence-electron chi connectivity index (χ1n) is 11.8. The molecule has 11 heteroatoms. The lowest BCUT2D eigenvalue weighted by Crippen LogP contribution is -2.43. The first-order valence-corrected chi connectivity index (χ1v) is 15.4. The van der Waals surface area contributed by atoms with Crippen LogP contribution in [0.4, 0.5) is 16.5 Å². The average molecular weight is 555 g/mol. The van der Waals surface area contributed by atoms with Crippen LogP contribution >= 0.6 is 22.7 Å². The first-order chi connectivity index (χ1) is 17.7. The Morgan fingerprint density at radius 3 is 2.49 bits per heavy atom. The van der Waals surface area contributed by atoms with Gasteiger partial charge in [0.15, 0.2) is 5.13 Å². The lowest BCUT2D eigenvalue weighted by molar-refractivity contribution is -0.124. The van der Waals surface area contributed by atoms with E-state index in [-0.39, 0.29) is 42.7 Å². The maximum atomic E-state index is 13.6. The van der Waals surface area contributed by atoms with Gasteiger partial charge in [-0.2, -0.15) is 0 Å². The smallest absolute Gasteiger partial charge is 0.244 e. The molecule has 3 heterocycles. The van der Waals surface area contributed by atoms with Crippen molar-refractivity contribution < 1.29 is 18.0 Å². The summed E-state index contributed by atoms with van der Waals surface area (Å²) in [6, 6.07) is 13.0. The number of amides is 2. The molecule has 192 valence electrons. The third-order valence-electron chi connectivity index (χ3n) is 6.52. The van der Waals surface area contributed by atoms with Crippen molar-refractivity contribution in [3.05, 3.63) is 58.8 Å². The highest BCUT2D eigenvalue weighted by molar-refractivity contribution is 7.91. The molecule has 1 fully saturated rings. The fourth-order valence-electron chi connectivity index (χ4n) is 4.45. The van der Waals surface area contributed by atoms with Gasteiger partial charge in [0, 0.05) is 32.9 Å². The van der Waals surface area contributed by atoms with Crippen molar-refractivity contribution in [2.75, 3.05) is 34.0 Å². The van der Waals surface area contributed by atoms with Gasteiger partial charge in [-0.05, 0) is 66.4 Å². The third-order valence-corrected chi connectivity index (χ3v) is 9.99. The lowest BCUT2D eigenvalue weighted by atomic mass is 10.0. The van der Waals surface area contributed by atoms with E-state index in [1.54, 1.807) is 23.5 Å². The summed E-state index contributed by atoms with van der Waals surface area (Å²) in [4.78, 5) is 32.5. The molecule has 4 aromatic rings. The summed E-state index contributed by atoms with van der Waals surface area (Å²) in [6.45, 7) is 1.83. The zero-order valence-corrected chi connectivity index (χ0v) is 22.6. The topological polar surface area (TPSA) is 122 Å². The number of hydrogen-bond donors (Lipinski definition) is 2. The van der Waals surface area contributed by atoms with Crippen LogP contribution in [0.25, 0.3) is 21.3 Å². The fourth-order valence-corrected chi connectivity index (χ4v) is 7.44. The number of hydrogen-bond acceptors (Lipinski definition) is 8. The molecule has 37 heavy (non-hydrogen) atoms. The lowest BCUT2D eigenvalue weighted by Gasteiger charge is -2.29. The predicted molar refractivity (Wildman–Crippen MR) is 151 cm³/mol. The monoisotopic (exact) mass is 554 g/mol. The van der Waals surface area contributed by atoms with Crippen molar-refractivity contribution in [1.82, 2.24) is 4.98 Å². The largest absolute Gasteiger partial charge is 0.375 e. The predicted octanol–water partition coefficient (Wildman–Crippen LogP) is 4.71. The van der Waals surface area contributed by atoms with E-state index in [1.807, 2.05) is 42.6 Å². The molecule has 2 amide bonds. The second-order valence-corrected chi connectivity index (χ2v) is 13.3. The highest BCUT2D eigenvalue weighted by atomic mass is 32.2. The number of sulfone groups is 1. The van der Waals surface area contributed by atoms with E-state index in [2.05, 4.69) is 15.7 Å². The van der Waals surface area contributed by atoms with Gasteiger partial charge in [0.1, 0.15) is 16.4 Å². The van der Waals surface area contributed by atoms with Crippen molar-refractivity contribution in [2.24, 2.45) is 5.92 Å². The third kappa shape index (κ3) is 5.68. The Hall–Kier alpha value is -3.28. The summed E-state index contributed by atoms with van der Waals surface area (Å²) >= 11 is 2.99. The van der Waals surface area contributed by atoms with Gasteiger partial charge >= 0.3 is 0 Å². The Bertz CT molecular complexity index is 1560. The average Bonchev–Trinajstić information content (AvgIpc) is 3.48. The second kappa shape index (κ2) is 10.2. The SMILES string of the molecule is Cc1csc2ccc(N(CC(=O)Nc3ccc(-c4csc(N)n4)cc3)C(=O)C3CCS(=O)(=O)CC3)cc12. The van der Waals surface area contributed by atoms with E-state index >= 15 is 0 Å². The van der Waals surface area contributed by atoms with Crippen LogP contribution in [0.3, 0.4) is 0 Å². The number of benzene rings is 2. The number of rotatable bonds is 6. The molecule has 0 radical (unpaired) electrons. The van der Waals surface area contributed by atoms with Crippen molar-refractivity contribution in [3.8, 4) is 11.3 Å². The van der Waals surface area contributed by atoms with Gasteiger partial charge in [-0.3, -0.25) is 9.59 Å². The molecule has 0 saturated carbocycles. The normalized spacial score (nSPS) is 15.5. The Morgan fingerprint density at radius 1 is 1.08 bits per heavy atom. The van der Waals surface area contributed by atoms with Crippen molar-refractivity contribution in [2.45, 2.75) is 19.8 Å². The minimum absolute atomic E-state index is 0.0108. The van der Waals surface area contributed by atoms with E-state index < -0.39 is 15.8 Å². The standard InChI is InChI=1S/C26H26N4O4S3/c1-16-14-35-23-7-6-20(12-21(16)23)30(25(32)18-8-10-37(33,34)11-9-18)13-24(31)28-19-4-2-17(3-5-19)22-15-36-26(27)29-22/h2-7,12,14-15,18H,8-11,13H2,1H3,(H2,27,29)(H,28,31). The zero-order chi connectivity index (χ0) is 26.2. The minimum atomic E-state index is -3.11. The van der Waals surface area contributed by atoms with Crippen molar-refractivity contribution in [3.63, 3.8) is 0 Å². The van der Waals surface area contributed by atoms with Gasteiger partial charge in [0.25, 0.3) is 0 Å². The number of carbonyl (C=O) groups is 2. The Labute approximate surface area is 223 Å². The van der Waals surface area contributed by atoms with Crippen LogP contribution in [0.2, 0.25) is 0 Å². The second-order valence-electron chi connectivity index (χ2n) is 9.15. The number of nitrogens with one attached hydrogen (secondary N) is 1. The molecule has 0 unspecified atom stereocenters. The maximum Gasteiger partial charge on any atom is 0.244 e. The summed E-state index contributed by atoms with van der Waals surface area (Å²) in [5, 5.41) is 8.32. The van der Waals surface area contributed by atoms with E-state index in [9.17, 15) is 18.0 Å². The highest BCUT2D eigenvalue weighted by Crippen LogP contribution is 2.31. The Morgan fingerprint density at radius 2 is 1.81 bits per heavy atom. The Kier molecular flexibility index (Phi) is 7.02. The maximum absolute atomic E-state index is 13.6. The molecule has 0 aliphatic carbocycles. The van der Waals surface area contributed by atoms with Crippen LogP contribution in [-0.2, 0) is 19.4 Å². The number of thiazole rings is 1. The number of aryl methyl sites for hydroxylation is 1. The summed E-state index contributed by atoms with van der Waals surface area (Å²) in [7, 11) is -3.11. The number of anilines is 3. The molecule has 1 saturated heterocycles. The molecule has 5 rings (SSSR count). The van der Waals surface area contributed by atoms with Gasteiger partial charge in [0.2, 0.25) is 11.8 Å². The molecule has 2 aromatic heterocycles. The fraction of sp³-hybridized carbons (Fsp3) is 0.269. The zero-order valence-electron chi connectivity index (χ0n) is 20.1. The molecular formula is C26H26N4O4S3. The van der Waals surface area contributed by atoms with Crippen LogP contribution in [0.5, 0.6) is 0 Å². The molecule has 0 spiro atoms. The van der Waals surface area contributed by atoms with Gasteiger partial charge < -0.3 is 16.0 Å². The number of fused-ring (bicyclic) bond motifs is 1. The Balaban J connectivity index is 1.36. The molecule has 0 atom stereocenters. The van der Waals surface area contributed by atoms with Crippen LogP contribution in [-0.4, -0.2) is 43.3 Å². The number of thiophene rings is 1. The number of nitrogens with two attached hydrogens (primary N) is 1. The number of nitrogen functional groups attached to an aromatic ring is 1. The van der Waals surface area contributed by atoms with E-state index in [0.29, 0.717) is 16.5 Å². The number of nitrogens with zero attached hydrogens (tertiary/aromatic N) is 2. The number of carbonyl (C=O) groups excluding carboxylic acids is 2. The van der Waals surface area contributed by atoms with Gasteiger partial charge in [-0.25, -0.2) is 13.4 Å². The van der Waals surface area contributed by atoms with Crippen molar-refractivity contribution in [1.29, 1.82) is 0 Å². The van der Waals surface area contributed by atoms with E-state index in [0.717, 1.165) is 26.9 Å². The highest BCUT2D eigenvalue weighted by Gasteiger charge is 2.33. The molecule has 1 aliphatic heterocycles. The van der Waals surface area contributed by atoms with Crippen LogP contribution in [0.15, 0.2) is 53.2 Å². The molecule has 3 N–H and O–H groups in total. The first kappa shape index (κ1) is 25.4. The van der Waals surface area contributed by atoms with E-state index in [4.69, 9.17) is 5.73 Å². The molecule has 2 aromatic carbocycles. The van der Waals surface area contributed by atoms with Crippen LogP contribution in [0, 0.1) is 12.8 Å². The summed E-state index contributed by atoms with van der Waals surface area (Å²) in [5.41, 5.74) is 9.69. The van der Waals surface area contributed by atoms with E-state index in [1.165, 1.54) is 16.2 Å². The van der Waals surface area contributed by atoms with Crippen LogP contribution < -0.4 is 16.0 Å². The molecule has 0 bridgehead atoms. The van der Waals surface area contributed by atoms with Gasteiger partial charge in [0.05, 0.1) is 17.2 Å². The molecule has 1 aliphatic rings. The van der Waals surface area contributed by atoms with Crippen LogP contribution in [0.1, 0.15) is 18.4 Å². The van der Waals surface area contributed by atoms with Gasteiger partial charge in [-0.1, -0.05) is 12.1 Å². The minimum Gasteiger partial charge on any atom is -0.375 e.